The number of halogens is 2. The molecule has 0 aliphatic carbocycles. The molecule has 1 unspecified atom stereocenters. The molecular weight excluding hydrogens is 218 g/mol. The molecule has 2 N–H and O–H groups in total. The molecule has 0 amide bonds. The third kappa shape index (κ3) is 5.39. The fraction of sp³-hybridized carbons (Fsp3) is 0.909. The van der Waals surface area contributed by atoms with E-state index < -0.39 is 18.0 Å². The number of hydrogen-bond acceptors (Lipinski definition) is 2. The summed E-state index contributed by atoms with van der Waals surface area (Å²) in [7, 11) is 0. The van der Waals surface area contributed by atoms with Crippen molar-refractivity contribution in [1.82, 2.24) is 0 Å². The van der Waals surface area contributed by atoms with Gasteiger partial charge in [0, 0.05) is 0 Å². The molecule has 0 aromatic carbocycles. The second-order valence-corrected chi connectivity index (χ2v) is 4.00. The molecule has 0 radical (unpaired) electrons. The Morgan fingerprint density at radius 3 is 2.19 bits per heavy atom. The first-order chi connectivity index (χ1) is 7.42. The van der Waals surface area contributed by atoms with Gasteiger partial charge in [-0.1, -0.05) is 45.4 Å². The lowest BCUT2D eigenvalue weighted by Gasteiger charge is -2.17. The maximum absolute atomic E-state index is 12.7. The fourth-order valence-electron chi connectivity index (χ4n) is 1.44. The Bertz CT molecular complexity index is 207. The number of aliphatic hydroxyl groups excluding tert-OH is 1. The monoisotopic (exact) mass is 238 g/mol. The Kier molecular flexibility index (Phi) is 7.21. The second-order valence-electron chi connectivity index (χ2n) is 4.00. The molecule has 96 valence electrons. The molecule has 0 fully saturated rings. The predicted molar refractivity (Wildman–Crippen MR) is 56.6 cm³/mol. The molecule has 0 aliphatic rings. The molecule has 0 heterocycles. The van der Waals surface area contributed by atoms with E-state index in [4.69, 9.17) is 10.2 Å². The summed E-state index contributed by atoms with van der Waals surface area (Å²) in [6.07, 6.45) is 3.19. The molecule has 0 aliphatic heterocycles. The van der Waals surface area contributed by atoms with Crippen molar-refractivity contribution in [2.24, 2.45) is 0 Å². The molecule has 1 atom stereocenters. The first kappa shape index (κ1) is 15.3. The zero-order valence-electron chi connectivity index (χ0n) is 9.59. The van der Waals surface area contributed by atoms with Crippen LogP contribution in [0.25, 0.3) is 0 Å². The second kappa shape index (κ2) is 7.54. The Hall–Kier alpha value is -0.710. The zero-order valence-corrected chi connectivity index (χ0v) is 9.59. The van der Waals surface area contributed by atoms with Crippen molar-refractivity contribution in [1.29, 1.82) is 0 Å². The van der Waals surface area contributed by atoms with E-state index in [-0.39, 0.29) is 6.42 Å². The number of aliphatic carboxylic acids is 1. The van der Waals surface area contributed by atoms with Gasteiger partial charge in [0.2, 0.25) is 0 Å². The number of aliphatic hydroxyl groups is 1. The Morgan fingerprint density at radius 2 is 1.69 bits per heavy atom. The van der Waals surface area contributed by atoms with Gasteiger partial charge in [0.05, 0.1) is 0 Å². The van der Waals surface area contributed by atoms with Crippen LogP contribution in [0.15, 0.2) is 0 Å². The molecule has 16 heavy (non-hydrogen) atoms. The number of carbonyl (C=O) groups is 1. The van der Waals surface area contributed by atoms with E-state index in [1.807, 2.05) is 0 Å². The summed E-state index contributed by atoms with van der Waals surface area (Å²) in [5.74, 6) is -6.28. The maximum Gasteiger partial charge on any atom is 0.377 e. The summed E-state index contributed by atoms with van der Waals surface area (Å²) in [6, 6.07) is 0. The van der Waals surface area contributed by atoms with Crippen LogP contribution in [0.5, 0.6) is 0 Å². The van der Waals surface area contributed by atoms with Crippen molar-refractivity contribution in [3.63, 3.8) is 0 Å². The van der Waals surface area contributed by atoms with E-state index >= 15 is 0 Å². The summed E-state index contributed by atoms with van der Waals surface area (Å²) in [5, 5.41) is 17.2. The number of hydrogen-bond donors (Lipinski definition) is 2. The number of unbranched alkanes of at least 4 members (excludes halogenated alkanes) is 5. The molecular formula is C11H20F2O3. The number of alkyl halides is 2. The molecule has 0 saturated heterocycles. The number of rotatable bonds is 9. The van der Waals surface area contributed by atoms with Gasteiger partial charge in [0.1, 0.15) is 6.10 Å². The SMILES string of the molecule is CCCCCCCCC(O)C(F)(F)C(=O)O. The smallest absolute Gasteiger partial charge is 0.377 e. The molecule has 3 nitrogen and oxygen atoms in total. The first-order valence-electron chi connectivity index (χ1n) is 5.72. The highest BCUT2D eigenvalue weighted by atomic mass is 19.3. The van der Waals surface area contributed by atoms with E-state index in [2.05, 4.69) is 6.92 Å². The molecule has 0 aromatic heterocycles. The lowest BCUT2D eigenvalue weighted by molar-refractivity contribution is -0.182. The van der Waals surface area contributed by atoms with Gasteiger partial charge in [-0.3, -0.25) is 0 Å². The quantitative estimate of drug-likeness (QED) is 0.607. The van der Waals surface area contributed by atoms with Gasteiger partial charge in [-0.05, 0) is 6.42 Å². The Morgan fingerprint density at radius 1 is 1.19 bits per heavy atom. The molecule has 0 bridgehead atoms. The van der Waals surface area contributed by atoms with E-state index in [0.29, 0.717) is 6.42 Å². The average Bonchev–Trinajstić information content (AvgIpc) is 2.22. The van der Waals surface area contributed by atoms with Crippen molar-refractivity contribution in [3.8, 4) is 0 Å². The Balaban J connectivity index is 3.65. The van der Waals surface area contributed by atoms with Crippen molar-refractivity contribution < 1.29 is 23.8 Å². The predicted octanol–water partition coefficient (Wildman–Crippen LogP) is 2.82. The lowest BCUT2D eigenvalue weighted by atomic mass is 10.0. The lowest BCUT2D eigenvalue weighted by Crippen LogP contribution is -2.41. The number of carboxylic acids is 1. The van der Waals surface area contributed by atoms with Crippen molar-refractivity contribution in [2.75, 3.05) is 0 Å². The fourth-order valence-corrected chi connectivity index (χ4v) is 1.44. The Labute approximate surface area is 94.5 Å². The summed E-state index contributed by atoms with van der Waals surface area (Å²) in [5.41, 5.74) is 0. The van der Waals surface area contributed by atoms with Gasteiger partial charge in [0.25, 0.3) is 0 Å². The van der Waals surface area contributed by atoms with Crippen molar-refractivity contribution in [2.45, 2.75) is 63.9 Å². The van der Waals surface area contributed by atoms with Gasteiger partial charge >= 0.3 is 11.9 Å². The summed E-state index contributed by atoms with van der Waals surface area (Å²) in [4.78, 5) is 10.1. The summed E-state index contributed by atoms with van der Waals surface area (Å²) < 4.78 is 25.4. The molecule has 5 heteroatoms. The summed E-state index contributed by atoms with van der Waals surface area (Å²) >= 11 is 0. The maximum atomic E-state index is 12.7. The molecule has 0 spiro atoms. The third-order valence-corrected chi connectivity index (χ3v) is 2.53. The highest BCUT2D eigenvalue weighted by Gasteiger charge is 2.46. The normalized spacial score (nSPS) is 13.8. The van der Waals surface area contributed by atoms with E-state index in [1.165, 1.54) is 0 Å². The highest BCUT2D eigenvalue weighted by Crippen LogP contribution is 2.23. The van der Waals surface area contributed by atoms with Crippen LogP contribution < -0.4 is 0 Å². The molecule has 0 rings (SSSR count). The van der Waals surface area contributed by atoms with E-state index in [9.17, 15) is 13.6 Å². The van der Waals surface area contributed by atoms with Gasteiger partial charge in [-0.15, -0.1) is 0 Å². The van der Waals surface area contributed by atoms with Crippen LogP contribution in [0.3, 0.4) is 0 Å². The third-order valence-electron chi connectivity index (χ3n) is 2.53. The van der Waals surface area contributed by atoms with Crippen LogP contribution in [-0.4, -0.2) is 28.2 Å². The van der Waals surface area contributed by atoms with E-state index in [1.54, 1.807) is 0 Å². The van der Waals surface area contributed by atoms with Gasteiger partial charge in [0.15, 0.2) is 0 Å². The van der Waals surface area contributed by atoms with Crippen LogP contribution in [0.2, 0.25) is 0 Å². The van der Waals surface area contributed by atoms with E-state index in [0.717, 1.165) is 32.1 Å². The standard InChI is InChI=1S/C11H20F2O3/c1-2-3-4-5-6-7-8-9(14)11(12,13)10(15)16/h9,14H,2-8H2,1H3,(H,15,16). The van der Waals surface area contributed by atoms with Crippen LogP contribution in [0, 0.1) is 0 Å². The first-order valence-corrected chi connectivity index (χ1v) is 5.72. The molecule has 0 saturated carbocycles. The average molecular weight is 238 g/mol. The van der Waals surface area contributed by atoms with Gasteiger partial charge in [-0.2, -0.15) is 8.78 Å². The van der Waals surface area contributed by atoms with Crippen LogP contribution in [0.4, 0.5) is 8.78 Å². The zero-order chi connectivity index (χ0) is 12.6. The van der Waals surface area contributed by atoms with Gasteiger partial charge < -0.3 is 10.2 Å². The minimum Gasteiger partial charge on any atom is -0.477 e. The van der Waals surface area contributed by atoms with Crippen molar-refractivity contribution >= 4 is 5.97 Å². The van der Waals surface area contributed by atoms with Crippen LogP contribution in [-0.2, 0) is 4.79 Å². The number of carboxylic acid groups (broad SMARTS) is 1. The minimum atomic E-state index is -4.02. The van der Waals surface area contributed by atoms with Gasteiger partial charge in [-0.25, -0.2) is 4.79 Å². The van der Waals surface area contributed by atoms with Crippen LogP contribution >= 0.6 is 0 Å². The topological polar surface area (TPSA) is 57.5 Å². The molecule has 0 aromatic rings. The van der Waals surface area contributed by atoms with Crippen molar-refractivity contribution in [3.05, 3.63) is 0 Å². The minimum absolute atomic E-state index is 0.161. The summed E-state index contributed by atoms with van der Waals surface area (Å²) in [6.45, 7) is 2.08. The van der Waals surface area contributed by atoms with Crippen LogP contribution in [0.1, 0.15) is 51.9 Å². The largest absolute Gasteiger partial charge is 0.477 e. The highest BCUT2D eigenvalue weighted by molar-refractivity contribution is 5.76.